The van der Waals surface area contributed by atoms with Crippen molar-refractivity contribution in [2.75, 3.05) is 0 Å². The maximum atomic E-state index is 11.7. The van der Waals surface area contributed by atoms with E-state index in [-0.39, 0.29) is 5.43 Å². The lowest BCUT2D eigenvalue weighted by Crippen LogP contribution is -1.97. The highest BCUT2D eigenvalue weighted by atomic mass is 32.1. The molecule has 3 heteroatoms. The molecule has 0 aliphatic carbocycles. The van der Waals surface area contributed by atoms with Crippen LogP contribution in [0.15, 0.2) is 69.2 Å². The number of hydrogen-bond acceptors (Lipinski definition) is 3. The van der Waals surface area contributed by atoms with Crippen LogP contribution in [0.5, 0.6) is 0 Å². The van der Waals surface area contributed by atoms with Crippen molar-refractivity contribution in [1.29, 1.82) is 0 Å². The summed E-state index contributed by atoms with van der Waals surface area (Å²) < 4.78 is 5.80. The fraction of sp³-hybridized carbons (Fsp3) is 0. The van der Waals surface area contributed by atoms with Gasteiger partial charge in [-0.1, -0.05) is 36.4 Å². The molecule has 18 heavy (non-hydrogen) atoms. The molecule has 1 aromatic carbocycles. The van der Waals surface area contributed by atoms with Gasteiger partial charge in [0.1, 0.15) is 11.5 Å². The predicted octanol–water partition coefficient (Wildman–Crippen LogP) is 4.04. The van der Waals surface area contributed by atoms with Gasteiger partial charge in [-0.15, -0.1) is 11.3 Å². The average Bonchev–Trinajstić information content (AvgIpc) is 2.93. The zero-order valence-corrected chi connectivity index (χ0v) is 10.3. The van der Waals surface area contributed by atoms with E-state index in [1.807, 2.05) is 47.8 Å². The standard InChI is InChI=1S/C15H10O2S/c16-12-9-13(11-5-2-1-3-6-11)17-14(10-12)15-7-4-8-18-15/h1-10H. The summed E-state index contributed by atoms with van der Waals surface area (Å²) in [4.78, 5) is 12.7. The van der Waals surface area contributed by atoms with Gasteiger partial charge in [0, 0.05) is 17.7 Å². The summed E-state index contributed by atoms with van der Waals surface area (Å²) in [5.41, 5.74) is 0.872. The van der Waals surface area contributed by atoms with E-state index in [9.17, 15) is 4.79 Å². The Labute approximate surface area is 108 Å². The van der Waals surface area contributed by atoms with Crippen molar-refractivity contribution in [3.8, 4) is 22.0 Å². The van der Waals surface area contributed by atoms with Crippen molar-refractivity contribution in [3.63, 3.8) is 0 Å². The fourth-order valence-electron chi connectivity index (χ4n) is 1.76. The van der Waals surface area contributed by atoms with Crippen molar-refractivity contribution in [1.82, 2.24) is 0 Å². The molecule has 0 saturated carbocycles. The van der Waals surface area contributed by atoms with Gasteiger partial charge in [0.2, 0.25) is 0 Å². The molecule has 2 heterocycles. The highest BCUT2D eigenvalue weighted by Gasteiger charge is 2.07. The zero-order chi connectivity index (χ0) is 12.4. The Kier molecular flexibility index (Phi) is 2.82. The SMILES string of the molecule is O=c1cc(-c2ccccc2)oc(-c2cccs2)c1. The Hall–Kier alpha value is -2.13. The molecule has 0 radical (unpaired) electrons. The van der Waals surface area contributed by atoms with Crippen molar-refractivity contribution in [2.45, 2.75) is 0 Å². The van der Waals surface area contributed by atoms with Gasteiger partial charge in [-0.05, 0) is 11.4 Å². The molecular weight excluding hydrogens is 244 g/mol. The van der Waals surface area contributed by atoms with Gasteiger partial charge in [0.05, 0.1) is 4.88 Å². The lowest BCUT2D eigenvalue weighted by atomic mass is 10.1. The largest absolute Gasteiger partial charge is 0.455 e. The Morgan fingerprint density at radius 1 is 0.889 bits per heavy atom. The van der Waals surface area contributed by atoms with Gasteiger partial charge in [0.25, 0.3) is 0 Å². The molecule has 88 valence electrons. The molecule has 0 spiro atoms. The molecule has 2 aromatic heterocycles. The molecule has 0 saturated heterocycles. The van der Waals surface area contributed by atoms with Gasteiger partial charge in [0.15, 0.2) is 5.43 Å². The second-order valence-corrected chi connectivity index (χ2v) is 4.81. The van der Waals surface area contributed by atoms with Crippen molar-refractivity contribution in [2.24, 2.45) is 0 Å². The fourth-order valence-corrected chi connectivity index (χ4v) is 2.44. The van der Waals surface area contributed by atoms with Crippen LogP contribution in [0.25, 0.3) is 22.0 Å². The van der Waals surface area contributed by atoms with Crippen LogP contribution in [-0.2, 0) is 0 Å². The predicted molar refractivity (Wildman–Crippen MR) is 73.7 cm³/mol. The van der Waals surface area contributed by atoms with Gasteiger partial charge < -0.3 is 4.42 Å². The third-order valence-electron chi connectivity index (χ3n) is 2.59. The number of rotatable bonds is 2. The van der Waals surface area contributed by atoms with E-state index in [4.69, 9.17) is 4.42 Å². The van der Waals surface area contributed by atoms with Crippen LogP contribution in [0, 0.1) is 0 Å². The first-order valence-corrected chi connectivity index (χ1v) is 6.45. The Balaban J connectivity index is 2.15. The van der Waals surface area contributed by atoms with E-state index in [1.54, 1.807) is 11.3 Å². The van der Waals surface area contributed by atoms with E-state index in [0.717, 1.165) is 10.4 Å². The molecular formula is C15H10O2S. The Morgan fingerprint density at radius 3 is 2.39 bits per heavy atom. The van der Waals surface area contributed by atoms with Gasteiger partial charge >= 0.3 is 0 Å². The minimum atomic E-state index is -0.0384. The molecule has 0 unspecified atom stereocenters. The number of thiophene rings is 1. The van der Waals surface area contributed by atoms with Crippen LogP contribution in [0.2, 0.25) is 0 Å². The van der Waals surface area contributed by atoms with Crippen LogP contribution in [0.3, 0.4) is 0 Å². The lowest BCUT2D eigenvalue weighted by Gasteiger charge is -2.02. The van der Waals surface area contributed by atoms with Crippen molar-refractivity contribution >= 4 is 11.3 Å². The van der Waals surface area contributed by atoms with E-state index >= 15 is 0 Å². The van der Waals surface area contributed by atoms with Crippen LogP contribution in [-0.4, -0.2) is 0 Å². The van der Waals surface area contributed by atoms with Gasteiger partial charge in [-0.25, -0.2) is 0 Å². The molecule has 3 aromatic rings. The number of hydrogen-bond donors (Lipinski definition) is 0. The Morgan fingerprint density at radius 2 is 1.67 bits per heavy atom. The lowest BCUT2D eigenvalue weighted by molar-refractivity contribution is 0.582. The van der Waals surface area contributed by atoms with Gasteiger partial charge in [-0.2, -0.15) is 0 Å². The second kappa shape index (κ2) is 4.63. The van der Waals surface area contributed by atoms with Crippen molar-refractivity contribution in [3.05, 3.63) is 70.2 Å². The third-order valence-corrected chi connectivity index (χ3v) is 3.47. The number of benzene rings is 1. The van der Waals surface area contributed by atoms with E-state index in [1.165, 1.54) is 12.1 Å². The average molecular weight is 254 g/mol. The molecule has 0 aliphatic rings. The second-order valence-electron chi connectivity index (χ2n) is 3.86. The summed E-state index contributed by atoms with van der Waals surface area (Å²) in [6.45, 7) is 0. The first-order valence-electron chi connectivity index (χ1n) is 5.57. The summed E-state index contributed by atoms with van der Waals surface area (Å²) in [5.74, 6) is 1.22. The molecule has 3 rings (SSSR count). The molecule has 0 amide bonds. The maximum absolute atomic E-state index is 11.7. The molecule has 0 fully saturated rings. The monoisotopic (exact) mass is 254 g/mol. The first-order chi connectivity index (χ1) is 8.83. The quantitative estimate of drug-likeness (QED) is 0.691. The summed E-state index contributed by atoms with van der Waals surface area (Å²) in [7, 11) is 0. The molecule has 0 aliphatic heterocycles. The Bertz CT molecular complexity index is 697. The summed E-state index contributed by atoms with van der Waals surface area (Å²) in [6, 6.07) is 16.6. The van der Waals surface area contributed by atoms with Crippen molar-refractivity contribution < 1.29 is 4.42 Å². The normalized spacial score (nSPS) is 10.4. The summed E-state index contributed by atoms with van der Waals surface area (Å²) in [5, 5.41) is 1.96. The first kappa shape index (κ1) is 11.0. The molecule has 0 atom stereocenters. The van der Waals surface area contributed by atoms with E-state index in [0.29, 0.717) is 11.5 Å². The zero-order valence-electron chi connectivity index (χ0n) is 9.50. The molecule has 0 bridgehead atoms. The third kappa shape index (κ3) is 2.13. The van der Waals surface area contributed by atoms with Crippen LogP contribution < -0.4 is 5.43 Å². The minimum absolute atomic E-state index is 0.0384. The van der Waals surface area contributed by atoms with E-state index < -0.39 is 0 Å². The maximum Gasteiger partial charge on any atom is 0.186 e. The highest BCUT2D eigenvalue weighted by Crippen LogP contribution is 2.27. The van der Waals surface area contributed by atoms with Gasteiger partial charge in [-0.3, -0.25) is 4.79 Å². The molecule has 0 N–H and O–H groups in total. The summed E-state index contributed by atoms with van der Waals surface area (Å²) in [6.07, 6.45) is 0. The summed E-state index contributed by atoms with van der Waals surface area (Å²) >= 11 is 1.56. The topological polar surface area (TPSA) is 30.2 Å². The molecule has 2 nitrogen and oxygen atoms in total. The van der Waals surface area contributed by atoms with Crippen LogP contribution in [0.4, 0.5) is 0 Å². The van der Waals surface area contributed by atoms with E-state index in [2.05, 4.69) is 0 Å². The smallest absolute Gasteiger partial charge is 0.186 e. The minimum Gasteiger partial charge on any atom is -0.455 e. The van der Waals surface area contributed by atoms with Crippen LogP contribution >= 0.6 is 11.3 Å². The van der Waals surface area contributed by atoms with Crippen LogP contribution in [0.1, 0.15) is 0 Å². The highest BCUT2D eigenvalue weighted by molar-refractivity contribution is 7.13.